The smallest absolute Gasteiger partial charge is 0.337 e. The molecular formula is C24H30N6O3S. The molecule has 180 valence electrons. The molecule has 0 aliphatic carbocycles. The zero-order valence-electron chi connectivity index (χ0n) is 19.7. The fraction of sp³-hybridized carbons (Fsp3) is 0.417. The maximum absolute atomic E-state index is 13.8. The third-order valence-corrected chi connectivity index (χ3v) is 6.62. The summed E-state index contributed by atoms with van der Waals surface area (Å²) >= 11 is 0.170. The Labute approximate surface area is 201 Å². The van der Waals surface area contributed by atoms with Crippen LogP contribution in [0.4, 0.5) is 5.95 Å². The molecule has 4 rings (SSSR count). The van der Waals surface area contributed by atoms with Gasteiger partial charge in [0.1, 0.15) is 16.2 Å². The minimum Gasteiger partial charge on any atom is -0.341 e. The van der Waals surface area contributed by atoms with Crippen LogP contribution in [0.2, 0.25) is 0 Å². The number of hydrogen-bond acceptors (Lipinski definition) is 6. The van der Waals surface area contributed by atoms with Gasteiger partial charge in [-0.3, -0.25) is 9.36 Å². The number of piperidine rings is 1. The predicted molar refractivity (Wildman–Crippen MR) is 137 cm³/mol. The molecule has 1 saturated heterocycles. The Morgan fingerprint density at radius 2 is 1.97 bits per heavy atom. The highest BCUT2D eigenvalue weighted by molar-refractivity contribution is 7.66. The van der Waals surface area contributed by atoms with Crippen molar-refractivity contribution in [3.63, 3.8) is 0 Å². The Morgan fingerprint density at radius 1 is 1.24 bits per heavy atom. The number of imidazole rings is 1. The molecule has 1 aliphatic rings. The number of allylic oxidation sites excluding steroid dienone is 2. The summed E-state index contributed by atoms with van der Waals surface area (Å²) in [7, 11) is 1.58. The zero-order chi connectivity index (χ0) is 24.4. The molecule has 9 nitrogen and oxygen atoms in total. The highest BCUT2D eigenvalue weighted by Crippen LogP contribution is 2.23. The van der Waals surface area contributed by atoms with Gasteiger partial charge in [-0.25, -0.2) is 13.6 Å². The van der Waals surface area contributed by atoms with Crippen LogP contribution in [-0.4, -0.2) is 47.0 Å². The Hall–Kier alpha value is -3.24. The topological polar surface area (TPSA) is 108 Å². The lowest BCUT2D eigenvalue weighted by Gasteiger charge is -2.31. The molecule has 1 unspecified atom stereocenters. The van der Waals surface area contributed by atoms with Crippen LogP contribution < -0.4 is 21.9 Å². The molecule has 1 aliphatic heterocycles. The lowest BCUT2D eigenvalue weighted by molar-refractivity contribution is 0.495. The Bertz CT molecular complexity index is 1410. The van der Waals surface area contributed by atoms with Gasteiger partial charge in [0.2, 0.25) is 5.95 Å². The molecule has 1 fully saturated rings. The highest BCUT2D eigenvalue weighted by atomic mass is 32.1. The lowest BCUT2D eigenvalue weighted by Crippen LogP contribution is -2.44. The van der Waals surface area contributed by atoms with Crippen LogP contribution in [0.25, 0.3) is 11.2 Å². The number of fused-ring (bicyclic) bond motifs is 1. The molecule has 0 saturated carbocycles. The first-order valence-corrected chi connectivity index (χ1v) is 12.1. The summed E-state index contributed by atoms with van der Waals surface area (Å²) in [5.74, 6) is 0.617. The summed E-state index contributed by atoms with van der Waals surface area (Å²) in [6, 6.07) is 9.34. The standard InChI is InChI=1S/C24H30N6O3S/c1-16(2)11-13-29-20-21(26-23(29)28-12-7-10-18(25)15-28)27(3)24(32)30(22(20)31)19(34-33)14-17-8-5-4-6-9-17/h4-6,8-9,11,18H,7,10,12-15,25H2,1-3H3. The van der Waals surface area contributed by atoms with E-state index in [9.17, 15) is 13.8 Å². The molecular weight excluding hydrogens is 452 g/mol. The quantitative estimate of drug-likeness (QED) is 0.433. The van der Waals surface area contributed by atoms with Crippen molar-refractivity contribution in [2.75, 3.05) is 18.0 Å². The van der Waals surface area contributed by atoms with Crippen LogP contribution in [0.3, 0.4) is 0 Å². The predicted octanol–water partition coefficient (Wildman–Crippen LogP) is 1.22. The molecule has 0 radical (unpaired) electrons. The van der Waals surface area contributed by atoms with Crippen LogP contribution in [0.15, 0.2) is 51.6 Å². The largest absolute Gasteiger partial charge is 0.341 e. The molecule has 1 aromatic carbocycles. The van der Waals surface area contributed by atoms with Crippen LogP contribution in [0.5, 0.6) is 0 Å². The number of benzene rings is 1. The minimum absolute atomic E-state index is 0.0219. The van der Waals surface area contributed by atoms with Gasteiger partial charge in [-0.05, 0) is 32.3 Å². The Balaban J connectivity index is 1.95. The van der Waals surface area contributed by atoms with Crippen molar-refractivity contribution in [2.24, 2.45) is 12.8 Å². The number of nitrogens with zero attached hydrogens (tertiary/aromatic N) is 5. The van der Waals surface area contributed by atoms with Crippen LogP contribution in [0.1, 0.15) is 32.3 Å². The molecule has 2 aromatic heterocycles. The summed E-state index contributed by atoms with van der Waals surface area (Å²) in [6.07, 6.45) is 4.07. The molecule has 3 aromatic rings. The Kier molecular flexibility index (Phi) is 6.99. The second kappa shape index (κ2) is 9.94. The van der Waals surface area contributed by atoms with Gasteiger partial charge in [0, 0.05) is 39.1 Å². The van der Waals surface area contributed by atoms with Crippen LogP contribution in [0, 0.1) is 0 Å². The fourth-order valence-electron chi connectivity index (χ4n) is 4.32. The summed E-state index contributed by atoms with van der Waals surface area (Å²) in [5.41, 5.74) is 7.64. The van der Waals surface area contributed by atoms with Gasteiger partial charge in [-0.2, -0.15) is 4.98 Å². The van der Waals surface area contributed by atoms with E-state index in [1.54, 1.807) is 7.05 Å². The van der Waals surface area contributed by atoms with Crippen molar-refractivity contribution >= 4 is 33.4 Å². The average Bonchev–Trinajstić information content (AvgIpc) is 3.21. The minimum atomic E-state index is -0.583. The maximum atomic E-state index is 13.8. The number of hydrogen-bond donors (Lipinski definition) is 1. The van der Waals surface area contributed by atoms with E-state index in [0.717, 1.165) is 35.1 Å². The zero-order valence-corrected chi connectivity index (χ0v) is 20.5. The van der Waals surface area contributed by atoms with Crippen LogP contribution in [-0.2, 0) is 31.3 Å². The van der Waals surface area contributed by atoms with Gasteiger partial charge in [0.05, 0.1) is 0 Å². The first-order valence-electron chi connectivity index (χ1n) is 11.4. The summed E-state index contributed by atoms with van der Waals surface area (Å²) in [6.45, 7) is 5.80. The van der Waals surface area contributed by atoms with Gasteiger partial charge < -0.3 is 15.2 Å². The first-order chi connectivity index (χ1) is 16.3. The maximum Gasteiger partial charge on any atom is 0.337 e. The molecule has 0 amide bonds. The fourth-order valence-corrected chi connectivity index (χ4v) is 4.78. The number of nitrogens with two attached hydrogens (primary N) is 1. The van der Waals surface area contributed by atoms with Crippen molar-refractivity contribution in [3.05, 3.63) is 68.4 Å². The van der Waals surface area contributed by atoms with Gasteiger partial charge in [0.15, 0.2) is 11.2 Å². The summed E-state index contributed by atoms with van der Waals surface area (Å²) in [4.78, 5) is 34.0. The molecule has 0 spiro atoms. The van der Waals surface area contributed by atoms with Crippen molar-refractivity contribution < 1.29 is 4.21 Å². The monoisotopic (exact) mass is 482 g/mol. The first kappa shape index (κ1) is 23.9. The van der Waals surface area contributed by atoms with E-state index < -0.39 is 11.2 Å². The van der Waals surface area contributed by atoms with E-state index in [2.05, 4.69) is 4.90 Å². The summed E-state index contributed by atoms with van der Waals surface area (Å²) in [5, 5.41) is 0. The third-order valence-electron chi connectivity index (χ3n) is 6.10. The van der Waals surface area contributed by atoms with E-state index >= 15 is 0 Å². The van der Waals surface area contributed by atoms with E-state index in [0.29, 0.717) is 30.2 Å². The number of aromatic nitrogens is 4. The SMILES string of the molecule is CC(C)=CCn1c(N2CCCC(N)C2)nc2c1c(=O)n(C(Cc1ccccc1)=S=O)c(=O)n2C. The van der Waals surface area contributed by atoms with Gasteiger partial charge in [-0.15, -0.1) is 0 Å². The molecule has 1 atom stereocenters. The van der Waals surface area contributed by atoms with Gasteiger partial charge in [-0.1, -0.05) is 42.0 Å². The van der Waals surface area contributed by atoms with Gasteiger partial charge in [0.25, 0.3) is 5.56 Å². The lowest BCUT2D eigenvalue weighted by atomic mass is 10.1. The molecule has 2 N–H and O–H groups in total. The highest BCUT2D eigenvalue weighted by Gasteiger charge is 2.27. The van der Waals surface area contributed by atoms with Crippen molar-refractivity contribution in [1.82, 2.24) is 18.7 Å². The molecule has 10 heteroatoms. The number of rotatable bonds is 5. The third kappa shape index (κ3) is 4.55. The second-order valence-corrected chi connectivity index (χ2v) is 9.58. The van der Waals surface area contributed by atoms with Crippen molar-refractivity contribution in [2.45, 2.75) is 45.7 Å². The van der Waals surface area contributed by atoms with E-state index in [1.807, 2.05) is 54.8 Å². The number of anilines is 1. The van der Waals surface area contributed by atoms with E-state index in [4.69, 9.17) is 10.7 Å². The molecule has 0 bridgehead atoms. The van der Waals surface area contributed by atoms with Crippen molar-refractivity contribution in [3.8, 4) is 0 Å². The molecule has 3 heterocycles. The average molecular weight is 483 g/mol. The molecule has 34 heavy (non-hydrogen) atoms. The van der Waals surface area contributed by atoms with Crippen molar-refractivity contribution in [1.29, 1.82) is 0 Å². The normalized spacial score (nSPS) is 16.0. The van der Waals surface area contributed by atoms with Gasteiger partial charge >= 0.3 is 5.69 Å². The summed E-state index contributed by atoms with van der Waals surface area (Å²) < 4.78 is 16.3. The van der Waals surface area contributed by atoms with Crippen LogP contribution >= 0.6 is 0 Å². The van der Waals surface area contributed by atoms with E-state index in [-0.39, 0.29) is 28.7 Å². The van der Waals surface area contributed by atoms with E-state index in [1.165, 1.54) is 4.57 Å². The Morgan fingerprint density at radius 3 is 2.62 bits per heavy atom. The second-order valence-electron chi connectivity index (χ2n) is 8.95. The number of aryl methyl sites for hydroxylation is 1.